The van der Waals surface area contributed by atoms with Gasteiger partial charge in [0.1, 0.15) is 0 Å². The Bertz CT molecular complexity index is 611. The zero-order chi connectivity index (χ0) is 16.6. The van der Waals surface area contributed by atoms with E-state index in [2.05, 4.69) is 10.6 Å². The summed E-state index contributed by atoms with van der Waals surface area (Å²) < 4.78 is 26.0. The SMILES string of the molecule is CCCCNC(=O)NS(=O)(=O)c1ccc(CNC(C)=O)cc1. The molecule has 0 aliphatic rings. The quantitative estimate of drug-likeness (QED) is 0.652. The van der Waals surface area contributed by atoms with Crippen molar-refractivity contribution in [1.29, 1.82) is 0 Å². The standard InChI is InChI=1S/C14H21N3O4S/c1-3-4-9-15-14(19)17-22(20,21)13-7-5-12(6-8-13)10-16-11(2)18/h5-8H,3-4,9-10H2,1-2H3,(H,16,18)(H2,15,17,19). The highest BCUT2D eigenvalue weighted by Gasteiger charge is 2.17. The monoisotopic (exact) mass is 327 g/mol. The summed E-state index contributed by atoms with van der Waals surface area (Å²) in [5, 5.41) is 5.09. The van der Waals surface area contributed by atoms with Crippen LogP contribution in [0.1, 0.15) is 32.3 Å². The molecule has 3 amide bonds. The summed E-state index contributed by atoms with van der Waals surface area (Å²) in [6, 6.07) is 5.20. The van der Waals surface area contributed by atoms with Gasteiger partial charge in [0.25, 0.3) is 10.0 Å². The number of rotatable bonds is 7. The predicted molar refractivity (Wildman–Crippen MR) is 82.6 cm³/mol. The van der Waals surface area contributed by atoms with Crippen molar-refractivity contribution in [3.63, 3.8) is 0 Å². The van der Waals surface area contributed by atoms with Crippen molar-refractivity contribution in [3.8, 4) is 0 Å². The van der Waals surface area contributed by atoms with Gasteiger partial charge >= 0.3 is 6.03 Å². The predicted octanol–water partition coefficient (Wildman–Crippen LogP) is 1.11. The number of hydrogen-bond acceptors (Lipinski definition) is 4. The molecule has 3 N–H and O–H groups in total. The number of carbonyl (C=O) groups is 2. The van der Waals surface area contributed by atoms with Crippen molar-refractivity contribution >= 4 is 22.0 Å². The van der Waals surface area contributed by atoms with Crippen LogP contribution in [-0.4, -0.2) is 26.9 Å². The van der Waals surface area contributed by atoms with Gasteiger partial charge in [-0.25, -0.2) is 17.9 Å². The minimum Gasteiger partial charge on any atom is -0.352 e. The molecule has 7 nitrogen and oxygen atoms in total. The first-order valence-electron chi connectivity index (χ1n) is 6.99. The second-order valence-corrected chi connectivity index (χ2v) is 6.45. The van der Waals surface area contributed by atoms with E-state index in [1.807, 2.05) is 11.6 Å². The van der Waals surface area contributed by atoms with Crippen LogP contribution in [0.2, 0.25) is 0 Å². The second kappa shape index (κ2) is 8.38. The van der Waals surface area contributed by atoms with E-state index in [0.29, 0.717) is 13.1 Å². The Morgan fingerprint density at radius 2 is 1.73 bits per heavy atom. The topological polar surface area (TPSA) is 104 Å². The van der Waals surface area contributed by atoms with Gasteiger partial charge < -0.3 is 10.6 Å². The summed E-state index contributed by atoms with van der Waals surface area (Å²) in [7, 11) is -3.89. The maximum Gasteiger partial charge on any atom is 0.328 e. The van der Waals surface area contributed by atoms with E-state index < -0.39 is 16.1 Å². The number of hydrogen-bond donors (Lipinski definition) is 3. The molecule has 1 rings (SSSR count). The molecule has 0 bridgehead atoms. The molecule has 0 fully saturated rings. The number of amides is 3. The fourth-order valence-corrected chi connectivity index (χ4v) is 2.54. The fraction of sp³-hybridized carbons (Fsp3) is 0.429. The highest BCUT2D eigenvalue weighted by Crippen LogP contribution is 2.10. The largest absolute Gasteiger partial charge is 0.352 e. The molecular weight excluding hydrogens is 306 g/mol. The van der Waals surface area contributed by atoms with Gasteiger partial charge in [-0.3, -0.25) is 4.79 Å². The summed E-state index contributed by atoms with van der Waals surface area (Å²) in [6.07, 6.45) is 1.69. The van der Waals surface area contributed by atoms with Crippen LogP contribution in [0.4, 0.5) is 4.79 Å². The lowest BCUT2D eigenvalue weighted by atomic mass is 10.2. The number of carbonyl (C=O) groups excluding carboxylic acids is 2. The van der Waals surface area contributed by atoms with Gasteiger partial charge in [0.15, 0.2) is 0 Å². The molecular formula is C14H21N3O4S. The summed E-state index contributed by atoms with van der Waals surface area (Å²) in [6.45, 7) is 4.12. The van der Waals surface area contributed by atoms with Crippen molar-refractivity contribution in [3.05, 3.63) is 29.8 Å². The molecule has 0 aromatic heterocycles. The Kier molecular flexibility index (Phi) is 6.84. The Morgan fingerprint density at radius 1 is 1.09 bits per heavy atom. The molecule has 0 heterocycles. The lowest BCUT2D eigenvalue weighted by Gasteiger charge is -2.09. The summed E-state index contributed by atoms with van der Waals surface area (Å²) in [4.78, 5) is 22.3. The first kappa shape index (κ1) is 18.0. The molecule has 1 aromatic carbocycles. The maximum atomic E-state index is 12.0. The third-order valence-electron chi connectivity index (χ3n) is 2.82. The Hall–Kier alpha value is -2.09. The Morgan fingerprint density at radius 3 is 2.27 bits per heavy atom. The minimum absolute atomic E-state index is 0.00952. The fourth-order valence-electron chi connectivity index (χ4n) is 1.61. The van der Waals surface area contributed by atoms with Crippen molar-refractivity contribution in [2.75, 3.05) is 6.54 Å². The van der Waals surface area contributed by atoms with Gasteiger partial charge in [-0.2, -0.15) is 0 Å². The number of nitrogens with one attached hydrogen (secondary N) is 3. The van der Waals surface area contributed by atoms with Crippen LogP contribution in [0.3, 0.4) is 0 Å². The van der Waals surface area contributed by atoms with Gasteiger partial charge in [-0.05, 0) is 24.1 Å². The lowest BCUT2D eigenvalue weighted by Crippen LogP contribution is -2.39. The van der Waals surface area contributed by atoms with E-state index in [-0.39, 0.29) is 10.8 Å². The van der Waals surface area contributed by atoms with Crippen molar-refractivity contribution in [2.24, 2.45) is 0 Å². The molecule has 0 atom stereocenters. The average Bonchev–Trinajstić information content (AvgIpc) is 2.45. The maximum absolute atomic E-state index is 12.0. The number of urea groups is 1. The molecule has 0 unspecified atom stereocenters. The third-order valence-corrected chi connectivity index (χ3v) is 4.16. The van der Waals surface area contributed by atoms with E-state index >= 15 is 0 Å². The molecule has 8 heteroatoms. The first-order chi connectivity index (χ1) is 10.3. The summed E-state index contributed by atoms with van der Waals surface area (Å²) in [5.74, 6) is -0.165. The third kappa shape index (κ3) is 6.13. The molecule has 0 aliphatic heterocycles. The van der Waals surface area contributed by atoms with E-state index in [4.69, 9.17) is 0 Å². The zero-order valence-electron chi connectivity index (χ0n) is 12.7. The molecule has 0 saturated heterocycles. The van der Waals surface area contributed by atoms with Crippen molar-refractivity contribution < 1.29 is 18.0 Å². The molecule has 1 aromatic rings. The van der Waals surface area contributed by atoms with Gasteiger partial charge in [0.05, 0.1) is 4.90 Å². The van der Waals surface area contributed by atoms with Gasteiger partial charge in [0.2, 0.25) is 5.91 Å². The van der Waals surface area contributed by atoms with E-state index in [9.17, 15) is 18.0 Å². The zero-order valence-corrected chi connectivity index (χ0v) is 13.5. The minimum atomic E-state index is -3.89. The van der Waals surface area contributed by atoms with E-state index in [0.717, 1.165) is 18.4 Å². The average molecular weight is 327 g/mol. The van der Waals surface area contributed by atoms with Crippen LogP contribution in [0, 0.1) is 0 Å². The van der Waals surface area contributed by atoms with Crippen molar-refractivity contribution in [1.82, 2.24) is 15.4 Å². The highest BCUT2D eigenvalue weighted by atomic mass is 32.2. The molecule has 0 spiro atoms. The van der Waals surface area contributed by atoms with Gasteiger partial charge in [0, 0.05) is 20.0 Å². The summed E-state index contributed by atoms with van der Waals surface area (Å²) in [5.41, 5.74) is 0.765. The Labute approximate surface area is 130 Å². The van der Waals surface area contributed by atoms with E-state index in [1.54, 1.807) is 12.1 Å². The second-order valence-electron chi connectivity index (χ2n) is 4.77. The number of benzene rings is 1. The molecule has 0 radical (unpaired) electrons. The van der Waals surface area contributed by atoms with Gasteiger partial charge in [-0.1, -0.05) is 25.5 Å². The molecule has 0 saturated carbocycles. The van der Waals surface area contributed by atoms with Crippen LogP contribution >= 0.6 is 0 Å². The molecule has 122 valence electrons. The normalized spacial score (nSPS) is 10.8. The Balaban J connectivity index is 2.65. The highest BCUT2D eigenvalue weighted by molar-refractivity contribution is 7.90. The van der Waals surface area contributed by atoms with Crippen LogP contribution in [0.15, 0.2) is 29.2 Å². The molecule has 0 aliphatic carbocycles. The number of sulfonamides is 1. The number of unbranched alkanes of at least 4 members (excludes halogenated alkanes) is 1. The van der Waals surface area contributed by atoms with Crippen LogP contribution < -0.4 is 15.4 Å². The van der Waals surface area contributed by atoms with E-state index in [1.165, 1.54) is 19.1 Å². The van der Waals surface area contributed by atoms with Crippen LogP contribution in [0.25, 0.3) is 0 Å². The van der Waals surface area contributed by atoms with Gasteiger partial charge in [-0.15, -0.1) is 0 Å². The van der Waals surface area contributed by atoms with Crippen molar-refractivity contribution in [2.45, 2.75) is 38.1 Å². The van der Waals surface area contributed by atoms with Crippen LogP contribution in [0.5, 0.6) is 0 Å². The lowest BCUT2D eigenvalue weighted by molar-refractivity contribution is -0.119. The van der Waals surface area contributed by atoms with Crippen LogP contribution in [-0.2, 0) is 21.4 Å². The first-order valence-corrected chi connectivity index (χ1v) is 8.47. The summed E-state index contributed by atoms with van der Waals surface area (Å²) >= 11 is 0. The molecule has 22 heavy (non-hydrogen) atoms. The smallest absolute Gasteiger partial charge is 0.328 e.